The smallest absolute Gasteiger partial charge is 0.252 e. The zero-order chi connectivity index (χ0) is 12.3. The molecule has 2 rings (SSSR count). The average molecular weight is 299 g/mol. The first kappa shape index (κ1) is 12.5. The fraction of sp³-hybridized carbons (Fsp3) is 0.500. The summed E-state index contributed by atoms with van der Waals surface area (Å²) < 4.78 is 0.716. The van der Waals surface area contributed by atoms with Crippen LogP contribution in [0.25, 0.3) is 0 Å². The van der Waals surface area contributed by atoms with Gasteiger partial charge in [-0.3, -0.25) is 4.79 Å². The number of rotatable bonds is 3. The molecule has 17 heavy (non-hydrogen) atoms. The van der Waals surface area contributed by atoms with Gasteiger partial charge in [-0.25, -0.2) is 4.98 Å². The Kier molecular flexibility index (Phi) is 4.12. The zero-order valence-electron chi connectivity index (χ0n) is 9.40. The summed E-state index contributed by atoms with van der Waals surface area (Å²) in [6.45, 7) is 0.631. The van der Waals surface area contributed by atoms with E-state index in [1.807, 2.05) is 0 Å². The number of halogens is 1. The third-order valence-corrected chi connectivity index (χ3v) is 3.52. The van der Waals surface area contributed by atoms with E-state index < -0.39 is 0 Å². The average Bonchev–Trinajstić information content (AvgIpc) is 2.73. The summed E-state index contributed by atoms with van der Waals surface area (Å²) in [5.74, 6) is 0.295. The van der Waals surface area contributed by atoms with Gasteiger partial charge in [-0.1, -0.05) is 0 Å². The van der Waals surface area contributed by atoms with E-state index in [4.69, 9.17) is 0 Å². The van der Waals surface area contributed by atoms with Gasteiger partial charge in [0.05, 0.1) is 11.7 Å². The highest BCUT2D eigenvalue weighted by Crippen LogP contribution is 2.24. The lowest BCUT2D eigenvalue weighted by atomic mass is 10.1. The molecule has 92 valence electrons. The molecule has 0 radical (unpaired) electrons. The molecule has 1 aromatic rings. The molecule has 1 amide bonds. The monoisotopic (exact) mass is 298 g/mol. The first-order valence-corrected chi connectivity index (χ1v) is 6.52. The molecule has 5 heteroatoms. The standard InChI is InChI=1S/C12H15BrN2O2/c13-11-4-2-9(7-14-11)12(17)15-6-8-1-3-10(16)5-8/h2,4,7-8,10,16H,1,3,5-6H2,(H,15,17). The molecule has 2 atom stereocenters. The van der Waals surface area contributed by atoms with Crippen molar-refractivity contribution in [1.29, 1.82) is 0 Å². The minimum Gasteiger partial charge on any atom is -0.393 e. The van der Waals surface area contributed by atoms with Crippen molar-refractivity contribution in [2.75, 3.05) is 6.54 Å². The summed E-state index contributed by atoms with van der Waals surface area (Å²) in [6, 6.07) is 3.48. The lowest BCUT2D eigenvalue weighted by Crippen LogP contribution is -2.28. The topological polar surface area (TPSA) is 62.2 Å². The van der Waals surface area contributed by atoms with Crippen LogP contribution < -0.4 is 5.32 Å². The second-order valence-electron chi connectivity index (χ2n) is 4.41. The summed E-state index contributed by atoms with van der Waals surface area (Å²) in [5.41, 5.74) is 0.562. The Labute approximate surface area is 109 Å². The van der Waals surface area contributed by atoms with Crippen LogP contribution in [0.5, 0.6) is 0 Å². The predicted octanol–water partition coefficient (Wildman–Crippen LogP) is 1.73. The number of aromatic nitrogens is 1. The highest BCUT2D eigenvalue weighted by Gasteiger charge is 2.23. The molecular weight excluding hydrogens is 284 g/mol. The molecule has 2 N–H and O–H groups in total. The third-order valence-electron chi connectivity index (χ3n) is 3.05. The molecule has 0 aliphatic heterocycles. The van der Waals surface area contributed by atoms with E-state index in [9.17, 15) is 9.90 Å². The number of hydrogen-bond acceptors (Lipinski definition) is 3. The molecule has 0 spiro atoms. The lowest BCUT2D eigenvalue weighted by molar-refractivity contribution is 0.0944. The van der Waals surface area contributed by atoms with E-state index in [1.54, 1.807) is 18.3 Å². The van der Waals surface area contributed by atoms with Crippen molar-refractivity contribution in [3.63, 3.8) is 0 Å². The highest BCUT2D eigenvalue weighted by molar-refractivity contribution is 9.10. The molecule has 0 bridgehead atoms. The molecule has 1 aliphatic rings. The number of pyridine rings is 1. The van der Waals surface area contributed by atoms with Gasteiger partial charge in [0.1, 0.15) is 4.60 Å². The van der Waals surface area contributed by atoms with Gasteiger partial charge in [0.2, 0.25) is 0 Å². The number of carbonyl (C=O) groups excluding carboxylic acids is 1. The number of aliphatic hydroxyl groups is 1. The molecule has 1 fully saturated rings. The van der Waals surface area contributed by atoms with Crippen molar-refractivity contribution in [1.82, 2.24) is 10.3 Å². The molecular formula is C12H15BrN2O2. The quantitative estimate of drug-likeness (QED) is 0.836. The van der Waals surface area contributed by atoms with Gasteiger partial charge in [0.15, 0.2) is 0 Å². The van der Waals surface area contributed by atoms with Crippen molar-refractivity contribution in [3.8, 4) is 0 Å². The Bertz CT molecular complexity index is 394. The summed E-state index contributed by atoms with van der Waals surface area (Å²) >= 11 is 3.22. The first-order chi connectivity index (χ1) is 8.15. The van der Waals surface area contributed by atoms with Crippen LogP contribution in [0.3, 0.4) is 0 Å². The lowest BCUT2D eigenvalue weighted by Gasteiger charge is -2.10. The molecule has 4 nitrogen and oxygen atoms in total. The third kappa shape index (κ3) is 3.51. The van der Waals surface area contributed by atoms with Crippen molar-refractivity contribution in [2.24, 2.45) is 5.92 Å². The summed E-state index contributed by atoms with van der Waals surface area (Å²) in [7, 11) is 0. The number of amides is 1. The van der Waals surface area contributed by atoms with E-state index >= 15 is 0 Å². The molecule has 1 saturated carbocycles. The minimum atomic E-state index is -0.189. The summed E-state index contributed by atoms with van der Waals surface area (Å²) in [6.07, 6.45) is 3.98. The van der Waals surface area contributed by atoms with Crippen LogP contribution in [0.1, 0.15) is 29.6 Å². The number of carbonyl (C=O) groups is 1. The number of nitrogens with one attached hydrogen (secondary N) is 1. The van der Waals surface area contributed by atoms with Crippen LogP contribution >= 0.6 is 15.9 Å². The molecule has 1 aliphatic carbocycles. The van der Waals surface area contributed by atoms with Gasteiger partial charge in [0, 0.05) is 12.7 Å². The molecule has 2 unspecified atom stereocenters. The minimum absolute atomic E-state index is 0.105. The molecule has 0 saturated heterocycles. The van der Waals surface area contributed by atoms with E-state index in [0.717, 1.165) is 19.3 Å². The Morgan fingerprint density at radius 2 is 2.35 bits per heavy atom. The van der Waals surface area contributed by atoms with Gasteiger partial charge in [-0.15, -0.1) is 0 Å². The second-order valence-corrected chi connectivity index (χ2v) is 5.23. The van der Waals surface area contributed by atoms with E-state index in [1.165, 1.54) is 0 Å². The van der Waals surface area contributed by atoms with E-state index in [2.05, 4.69) is 26.2 Å². The first-order valence-electron chi connectivity index (χ1n) is 5.73. The fourth-order valence-corrected chi connectivity index (χ4v) is 2.32. The number of hydrogen-bond donors (Lipinski definition) is 2. The SMILES string of the molecule is O=C(NCC1CCC(O)C1)c1ccc(Br)nc1. The van der Waals surface area contributed by atoms with Gasteiger partial charge in [-0.2, -0.15) is 0 Å². The molecule has 1 aromatic heterocycles. The van der Waals surface area contributed by atoms with Crippen LogP contribution in [-0.2, 0) is 0 Å². The maximum atomic E-state index is 11.8. The second kappa shape index (κ2) is 5.60. The van der Waals surface area contributed by atoms with Crippen LogP contribution in [0.2, 0.25) is 0 Å². The number of aliphatic hydroxyl groups excluding tert-OH is 1. The fourth-order valence-electron chi connectivity index (χ4n) is 2.08. The maximum Gasteiger partial charge on any atom is 0.252 e. The van der Waals surface area contributed by atoms with Crippen molar-refractivity contribution >= 4 is 21.8 Å². The zero-order valence-corrected chi connectivity index (χ0v) is 11.0. The van der Waals surface area contributed by atoms with Crippen molar-refractivity contribution in [2.45, 2.75) is 25.4 Å². The van der Waals surface area contributed by atoms with Crippen LogP contribution in [0.15, 0.2) is 22.9 Å². The number of nitrogens with zero attached hydrogens (tertiary/aromatic N) is 1. The van der Waals surface area contributed by atoms with Crippen molar-refractivity contribution in [3.05, 3.63) is 28.5 Å². The maximum absolute atomic E-state index is 11.8. The Morgan fingerprint density at radius 1 is 1.53 bits per heavy atom. The Hall–Kier alpha value is -0.940. The molecule has 1 heterocycles. The highest BCUT2D eigenvalue weighted by atomic mass is 79.9. The van der Waals surface area contributed by atoms with E-state index in [-0.39, 0.29) is 12.0 Å². The van der Waals surface area contributed by atoms with E-state index in [0.29, 0.717) is 22.6 Å². The van der Waals surface area contributed by atoms with Crippen LogP contribution in [0.4, 0.5) is 0 Å². The summed E-state index contributed by atoms with van der Waals surface area (Å²) in [5, 5.41) is 12.3. The van der Waals surface area contributed by atoms with Gasteiger partial charge in [-0.05, 0) is 53.2 Å². The Balaban J connectivity index is 1.83. The van der Waals surface area contributed by atoms with Gasteiger partial charge >= 0.3 is 0 Å². The predicted molar refractivity (Wildman–Crippen MR) is 67.6 cm³/mol. The van der Waals surface area contributed by atoms with Crippen molar-refractivity contribution < 1.29 is 9.90 Å². The van der Waals surface area contributed by atoms with Crippen LogP contribution in [-0.4, -0.2) is 28.6 Å². The summed E-state index contributed by atoms with van der Waals surface area (Å²) in [4.78, 5) is 15.8. The van der Waals surface area contributed by atoms with Crippen LogP contribution in [0, 0.1) is 5.92 Å². The van der Waals surface area contributed by atoms with Gasteiger partial charge in [0.25, 0.3) is 5.91 Å². The normalized spacial score (nSPS) is 23.6. The molecule has 0 aromatic carbocycles. The Morgan fingerprint density at radius 3 is 2.94 bits per heavy atom. The van der Waals surface area contributed by atoms with Gasteiger partial charge < -0.3 is 10.4 Å². The largest absolute Gasteiger partial charge is 0.393 e.